The van der Waals surface area contributed by atoms with Gasteiger partial charge in [0.05, 0.1) is 12.3 Å². The van der Waals surface area contributed by atoms with Crippen molar-refractivity contribution in [3.05, 3.63) is 30.3 Å². The van der Waals surface area contributed by atoms with Gasteiger partial charge in [-0.15, -0.1) is 0 Å². The summed E-state index contributed by atoms with van der Waals surface area (Å²) in [4.78, 5) is 24.6. The highest BCUT2D eigenvalue weighted by Gasteiger charge is 2.34. The molecule has 3 atom stereocenters. The summed E-state index contributed by atoms with van der Waals surface area (Å²) in [5.74, 6) is -0.198. The van der Waals surface area contributed by atoms with Crippen molar-refractivity contribution in [3.8, 4) is 5.75 Å². The molecule has 29 heavy (non-hydrogen) atoms. The summed E-state index contributed by atoms with van der Waals surface area (Å²) in [6.07, 6.45) is 5.16. The Morgan fingerprint density at radius 3 is 2.24 bits per heavy atom. The summed E-state index contributed by atoms with van der Waals surface area (Å²) in [7, 11) is 0. The van der Waals surface area contributed by atoms with Crippen molar-refractivity contribution in [3.63, 3.8) is 0 Å². The second-order valence-electron chi connectivity index (χ2n) is 9.13. The first-order chi connectivity index (χ1) is 13.7. The molecule has 0 bridgehead atoms. The van der Waals surface area contributed by atoms with Gasteiger partial charge in [0.1, 0.15) is 23.6 Å². The van der Waals surface area contributed by atoms with Crippen LogP contribution in [0.2, 0.25) is 0 Å². The number of esters is 2. The maximum Gasteiger partial charge on any atom is 0.309 e. The minimum atomic E-state index is -0.566. The lowest BCUT2D eigenvalue weighted by Gasteiger charge is -2.34. The van der Waals surface area contributed by atoms with E-state index in [-0.39, 0.29) is 24.5 Å². The predicted molar refractivity (Wildman–Crippen MR) is 113 cm³/mol. The quantitative estimate of drug-likeness (QED) is 0.549. The van der Waals surface area contributed by atoms with Crippen LogP contribution in [0.3, 0.4) is 0 Å². The predicted octanol–water partition coefficient (Wildman–Crippen LogP) is 5.31. The lowest BCUT2D eigenvalue weighted by molar-refractivity contribution is -0.166. The van der Waals surface area contributed by atoms with Gasteiger partial charge in [0.25, 0.3) is 0 Å². The molecule has 0 unspecified atom stereocenters. The average Bonchev–Trinajstić information content (AvgIpc) is 2.65. The van der Waals surface area contributed by atoms with Gasteiger partial charge in [0.2, 0.25) is 0 Å². The molecule has 0 aromatic heterocycles. The van der Waals surface area contributed by atoms with Gasteiger partial charge in [-0.1, -0.05) is 44.4 Å². The number of benzene rings is 1. The average molecular weight is 405 g/mol. The molecule has 1 aliphatic carbocycles. The number of carbonyl (C=O) groups excluding carboxylic acids is 2. The molecule has 1 saturated carbocycles. The summed E-state index contributed by atoms with van der Waals surface area (Å²) in [6, 6.07) is 9.68. The molecule has 0 aliphatic heterocycles. The van der Waals surface area contributed by atoms with Crippen molar-refractivity contribution < 1.29 is 23.8 Å². The lowest BCUT2D eigenvalue weighted by Crippen LogP contribution is -2.41. The first kappa shape index (κ1) is 23.2. The second kappa shape index (κ2) is 10.7. The van der Waals surface area contributed by atoms with Crippen LogP contribution < -0.4 is 4.74 Å². The largest absolute Gasteiger partial charge is 0.486 e. The third-order valence-electron chi connectivity index (χ3n) is 5.19. The van der Waals surface area contributed by atoms with Crippen LogP contribution in [0.1, 0.15) is 73.1 Å². The van der Waals surface area contributed by atoms with Crippen LogP contribution in [0.5, 0.6) is 5.75 Å². The van der Waals surface area contributed by atoms with Gasteiger partial charge in [0, 0.05) is 0 Å². The molecule has 162 valence electrons. The van der Waals surface area contributed by atoms with Crippen LogP contribution in [0.4, 0.5) is 0 Å². The maximum atomic E-state index is 12.6. The Kier molecular flexibility index (Phi) is 8.54. The standard InChI is InChI=1S/C24H36O5/c1-17(16-21(25)29-24(3,4)5)23(26)27-18(2)22(19-12-8-6-9-13-19)28-20-14-10-7-11-15-20/h7,10-11,14-15,17-19,22H,6,8-9,12-13,16H2,1-5H3/t17-,18+,22+/m1/s1. The number of hydrogen-bond acceptors (Lipinski definition) is 5. The Bertz CT molecular complexity index is 643. The Labute approximate surface area is 175 Å². The molecule has 0 radical (unpaired) electrons. The number of para-hydroxylation sites is 1. The van der Waals surface area contributed by atoms with Gasteiger partial charge in [0.15, 0.2) is 0 Å². The Morgan fingerprint density at radius 2 is 1.66 bits per heavy atom. The maximum absolute atomic E-state index is 12.6. The molecule has 1 fully saturated rings. The van der Waals surface area contributed by atoms with Crippen molar-refractivity contribution >= 4 is 11.9 Å². The van der Waals surface area contributed by atoms with E-state index < -0.39 is 17.6 Å². The molecule has 2 rings (SSSR count). The fraction of sp³-hybridized carbons (Fsp3) is 0.667. The van der Waals surface area contributed by atoms with Crippen molar-refractivity contribution in [2.75, 3.05) is 0 Å². The highest BCUT2D eigenvalue weighted by molar-refractivity contribution is 5.79. The zero-order valence-corrected chi connectivity index (χ0v) is 18.5. The van der Waals surface area contributed by atoms with E-state index in [1.807, 2.05) is 58.0 Å². The van der Waals surface area contributed by atoms with Gasteiger partial charge < -0.3 is 14.2 Å². The molecular formula is C24H36O5. The molecule has 5 heteroatoms. The number of ether oxygens (including phenoxy) is 3. The number of rotatable bonds is 8. The number of carbonyl (C=O) groups is 2. The van der Waals surface area contributed by atoms with Crippen LogP contribution in [0.15, 0.2) is 30.3 Å². The summed E-state index contributed by atoms with van der Waals surface area (Å²) in [6.45, 7) is 9.02. The molecule has 0 saturated heterocycles. The monoisotopic (exact) mass is 404 g/mol. The van der Waals surface area contributed by atoms with Gasteiger partial charge in [-0.3, -0.25) is 9.59 Å². The summed E-state index contributed by atoms with van der Waals surface area (Å²) in [5.41, 5.74) is -0.566. The lowest BCUT2D eigenvalue weighted by atomic mass is 9.83. The van der Waals surface area contributed by atoms with Gasteiger partial charge in [-0.25, -0.2) is 0 Å². The molecule has 0 heterocycles. The van der Waals surface area contributed by atoms with Crippen molar-refractivity contribution in [2.24, 2.45) is 11.8 Å². The van der Waals surface area contributed by atoms with E-state index in [0.29, 0.717) is 5.92 Å². The molecule has 0 amide bonds. The van der Waals surface area contributed by atoms with Crippen LogP contribution in [-0.2, 0) is 19.1 Å². The topological polar surface area (TPSA) is 61.8 Å². The van der Waals surface area contributed by atoms with E-state index in [1.165, 1.54) is 19.3 Å². The second-order valence-corrected chi connectivity index (χ2v) is 9.13. The van der Waals surface area contributed by atoms with E-state index >= 15 is 0 Å². The minimum absolute atomic E-state index is 0.0104. The van der Waals surface area contributed by atoms with Crippen molar-refractivity contribution in [1.29, 1.82) is 0 Å². The van der Waals surface area contributed by atoms with Crippen LogP contribution >= 0.6 is 0 Å². The van der Waals surface area contributed by atoms with Crippen LogP contribution in [-0.4, -0.2) is 29.7 Å². The van der Waals surface area contributed by atoms with Gasteiger partial charge in [-0.05, 0) is 58.6 Å². The first-order valence-electron chi connectivity index (χ1n) is 10.8. The minimum Gasteiger partial charge on any atom is -0.486 e. The highest BCUT2D eigenvalue weighted by atomic mass is 16.6. The summed E-state index contributed by atoms with van der Waals surface area (Å²) < 4.78 is 17.3. The smallest absolute Gasteiger partial charge is 0.309 e. The van der Waals surface area contributed by atoms with E-state index in [1.54, 1.807) is 6.92 Å². The summed E-state index contributed by atoms with van der Waals surface area (Å²) in [5, 5.41) is 0. The van der Waals surface area contributed by atoms with Gasteiger partial charge in [-0.2, -0.15) is 0 Å². The summed E-state index contributed by atoms with van der Waals surface area (Å²) >= 11 is 0. The molecule has 1 aromatic carbocycles. The number of hydrogen-bond donors (Lipinski definition) is 0. The molecule has 0 spiro atoms. The Morgan fingerprint density at radius 1 is 1.03 bits per heavy atom. The third kappa shape index (κ3) is 8.08. The zero-order chi connectivity index (χ0) is 21.4. The van der Waals surface area contributed by atoms with Crippen molar-refractivity contribution in [2.45, 2.75) is 91.0 Å². The van der Waals surface area contributed by atoms with Crippen LogP contribution in [0.25, 0.3) is 0 Å². The fourth-order valence-corrected chi connectivity index (χ4v) is 3.78. The van der Waals surface area contributed by atoms with E-state index in [9.17, 15) is 9.59 Å². The van der Waals surface area contributed by atoms with E-state index in [2.05, 4.69) is 0 Å². The molecule has 1 aliphatic rings. The third-order valence-corrected chi connectivity index (χ3v) is 5.19. The fourth-order valence-electron chi connectivity index (χ4n) is 3.78. The first-order valence-corrected chi connectivity index (χ1v) is 10.8. The van der Waals surface area contributed by atoms with E-state index in [4.69, 9.17) is 14.2 Å². The zero-order valence-electron chi connectivity index (χ0n) is 18.5. The van der Waals surface area contributed by atoms with E-state index in [0.717, 1.165) is 18.6 Å². The Hall–Kier alpha value is -2.04. The molecule has 0 N–H and O–H groups in total. The van der Waals surface area contributed by atoms with Gasteiger partial charge >= 0.3 is 11.9 Å². The SMILES string of the molecule is C[C@H](CC(=O)OC(C)(C)C)C(=O)O[C@@H](C)[C@H](Oc1ccccc1)C1CCCCC1. The highest BCUT2D eigenvalue weighted by Crippen LogP contribution is 2.31. The molecular weight excluding hydrogens is 368 g/mol. The molecule has 5 nitrogen and oxygen atoms in total. The normalized spacial score (nSPS) is 18.4. The Balaban J connectivity index is 1.99. The van der Waals surface area contributed by atoms with Crippen molar-refractivity contribution in [1.82, 2.24) is 0 Å². The molecule has 1 aromatic rings. The van der Waals surface area contributed by atoms with Crippen LogP contribution in [0, 0.1) is 11.8 Å².